The summed E-state index contributed by atoms with van der Waals surface area (Å²) in [5.41, 5.74) is 0. The van der Waals surface area contributed by atoms with Gasteiger partial charge in [-0.3, -0.25) is 0 Å². The molecular weight excluding hydrogens is 648 g/mol. The third kappa shape index (κ3) is 21.1. The molecule has 0 nitrogen and oxygen atoms in total. The van der Waals surface area contributed by atoms with Crippen molar-refractivity contribution in [2.24, 2.45) is 0 Å². The fourth-order valence-electron chi connectivity index (χ4n) is 1.71. The Balaban J connectivity index is -0.000000107. The molecule has 0 spiro atoms. The van der Waals surface area contributed by atoms with E-state index in [9.17, 15) is 0 Å². The van der Waals surface area contributed by atoms with Crippen molar-refractivity contribution in [2.45, 2.75) is 51.4 Å². The van der Waals surface area contributed by atoms with Gasteiger partial charge in [-0.25, -0.2) is 0 Å². The van der Waals surface area contributed by atoms with E-state index >= 15 is 0 Å². The van der Waals surface area contributed by atoms with Crippen LogP contribution in [0.1, 0.15) is 51.4 Å². The van der Waals surface area contributed by atoms with Crippen LogP contribution in [-0.2, 0) is 40.2 Å². The van der Waals surface area contributed by atoms with E-state index in [4.69, 9.17) is 0 Å². The second-order valence-corrected chi connectivity index (χ2v) is 4.20. The maximum absolute atomic E-state index is 2.27. The zero-order valence-corrected chi connectivity index (χ0v) is 18.0. The normalized spacial score (nSPS) is 22.4. The molecule has 0 bridgehead atoms. The molecule has 0 aromatic heterocycles. The van der Waals surface area contributed by atoms with Gasteiger partial charge in [-0.15, -0.1) is 0 Å². The molecule has 4 heteroatoms. The van der Waals surface area contributed by atoms with Crippen LogP contribution in [0.5, 0.6) is 0 Å². The van der Waals surface area contributed by atoms with Crippen LogP contribution in [0.25, 0.3) is 0 Å². The molecule has 2 aliphatic carbocycles. The van der Waals surface area contributed by atoms with Gasteiger partial charge in [0.1, 0.15) is 0 Å². The topological polar surface area (TPSA) is 0 Å². The third-order valence-corrected chi connectivity index (χ3v) is 2.67. The Morgan fingerprint density at radius 2 is 0.400 bits per heavy atom. The first kappa shape index (κ1) is 28.9. The van der Waals surface area contributed by atoms with Gasteiger partial charge in [-0.1, -0.05) is 48.6 Å². The van der Waals surface area contributed by atoms with Crippen molar-refractivity contribution in [1.82, 2.24) is 0 Å². The monoisotopic (exact) mass is 672 g/mol. The van der Waals surface area contributed by atoms with Crippen LogP contribution >= 0.6 is 0 Å². The van der Waals surface area contributed by atoms with Crippen molar-refractivity contribution < 1.29 is 65.0 Å². The van der Waals surface area contributed by atoms with Gasteiger partial charge in [0.2, 0.25) is 0 Å². The maximum Gasteiger partial charge on any atom is 0 e. The number of rotatable bonds is 0. The summed E-state index contributed by atoms with van der Waals surface area (Å²) < 4.78 is 0. The molecule has 0 aromatic carbocycles. The molecule has 0 N–H and O–H groups in total. The van der Waals surface area contributed by atoms with Gasteiger partial charge >= 0.3 is 0 Å². The molecule has 0 aliphatic heterocycles. The van der Waals surface area contributed by atoms with Crippen LogP contribution in [-0.4, -0.2) is 0 Å². The fraction of sp³-hybridized carbons (Fsp3) is 0.500. The third-order valence-electron chi connectivity index (χ3n) is 2.67. The van der Waals surface area contributed by atoms with E-state index in [1.807, 2.05) is 0 Å². The molecule has 0 amide bonds. The van der Waals surface area contributed by atoms with Crippen molar-refractivity contribution in [3.05, 3.63) is 48.6 Å². The average Bonchev–Trinajstić information content (AvgIpc) is 2.15. The van der Waals surface area contributed by atoms with Gasteiger partial charge in [0, 0.05) is 40.2 Å². The summed E-state index contributed by atoms with van der Waals surface area (Å²) in [6.07, 6.45) is 28.0. The summed E-state index contributed by atoms with van der Waals surface area (Å²) in [5, 5.41) is 0. The van der Waals surface area contributed by atoms with Crippen molar-refractivity contribution in [1.29, 1.82) is 0 Å². The molecule has 2 rings (SSSR count). The summed E-state index contributed by atoms with van der Waals surface area (Å²) in [7, 11) is 0. The minimum atomic E-state index is 0. The van der Waals surface area contributed by atoms with E-state index in [2.05, 4.69) is 48.6 Å². The zero-order chi connectivity index (χ0) is 11.3. The van der Waals surface area contributed by atoms with Crippen LogP contribution in [0.3, 0.4) is 0 Å². The molecule has 2 radical (unpaired) electrons. The molecule has 20 heavy (non-hydrogen) atoms. The van der Waals surface area contributed by atoms with Crippen molar-refractivity contribution >= 4 is 0 Å². The van der Waals surface area contributed by atoms with Crippen molar-refractivity contribution in [3.8, 4) is 0 Å². The molecule has 0 fully saturated rings. The van der Waals surface area contributed by atoms with Crippen LogP contribution in [0, 0.1) is 0 Å². The predicted octanol–water partition coefficient (Wildman–Crippen LogP) is -0.651. The van der Waals surface area contributed by atoms with Crippen LogP contribution in [0.2, 0.25) is 0 Å². The van der Waals surface area contributed by atoms with Gasteiger partial charge < -0.3 is 24.8 Å². The number of hydrogen-bond donors (Lipinski definition) is 0. The van der Waals surface area contributed by atoms with Gasteiger partial charge in [-0.2, -0.15) is 0 Å². The Morgan fingerprint density at radius 3 is 0.500 bits per heavy atom. The maximum atomic E-state index is 2.27. The predicted molar refractivity (Wildman–Crippen MR) is 73.5 cm³/mol. The Bertz CT molecular complexity index is 192. The number of hydrogen-bond acceptors (Lipinski definition) is 0. The Kier molecular flexibility index (Phi) is 35.9. The van der Waals surface area contributed by atoms with Crippen molar-refractivity contribution in [2.75, 3.05) is 0 Å². The summed E-state index contributed by atoms with van der Waals surface area (Å²) in [5.74, 6) is 0. The van der Waals surface area contributed by atoms with Crippen molar-refractivity contribution in [3.63, 3.8) is 0 Å². The summed E-state index contributed by atoms with van der Waals surface area (Å²) in [4.78, 5) is 0. The molecule has 122 valence electrons. The molecule has 0 unspecified atom stereocenters. The standard InChI is InChI=1S/2C8H12.2ClH.2Ir/c2*1-2-4-6-8-7-5-3-1;;;;/h2*1-2,7-8H,3-6H2;2*1H;;/p-2/b2*2-1-,8-7-;;;;. The quantitative estimate of drug-likeness (QED) is 0.301. The van der Waals surface area contributed by atoms with E-state index in [-0.39, 0.29) is 65.0 Å². The minimum absolute atomic E-state index is 0. The summed E-state index contributed by atoms with van der Waals surface area (Å²) >= 11 is 0. The Morgan fingerprint density at radius 1 is 0.300 bits per heavy atom. The van der Waals surface area contributed by atoms with E-state index in [1.165, 1.54) is 51.4 Å². The zero-order valence-electron chi connectivity index (χ0n) is 11.7. The molecule has 0 heterocycles. The minimum Gasteiger partial charge on any atom is -1.00 e. The van der Waals surface area contributed by atoms with Gasteiger partial charge in [0.05, 0.1) is 0 Å². The van der Waals surface area contributed by atoms with E-state index in [0.29, 0.717) is 0 Å². The first-order valence-corrected chi connectivity index (χ1v) is 6.60. The summed E-state index contributed by atoms with van der Waals surface area (Å²) in [6.45, 7) is 0. The SMILES string of the molecule is C1=C\CC/C=C\CC/1.C1=C\CC/C=C\CC/1.[Cl-].[Cl-].[Ir].[Ir]. The van der Waals surface area contributed by atoms with Gasteiger partial charge in [0.25, 0.3) is 0 Å². The first-order chi connectivity index (χ1) is 8.00. The van der Waals surface area contributed by atoms with Crippen LogP contribution in [0.4, 0.5) is 0 Å². The second-order valence-electron chi connectivity index (χ2n) is 4.20. The number of allylic oxidation sites excluding steroid dienone is 8. The van der Waals surface area contributed by atoms with E-state index < -0.39 is 0 Å². The molecule has 0 saturated heterocycles. The van der Waals surface area contributed by atoms with E-state index in [0.717, 1.165) is 0 Å². The van der Waals surface area contributed by atoms with Gasteiger partial charge in [-0.05, 0) is 51.4 Å². The largest absolute Gasteiger partial charge is 1.00 e. The molecule has 0 saturated carbocycles. The smallest absolute Gasteiger partial charge is 0 e. The molecule has 0 aromatic rings. The Labute approximate surface area is 164 Å². The Hall–Kier alpha value is 0.839. The second kappa shape index (κ2) is 24.8. The molecular formula is C16H24Cl2Ir2-2. The fourth-order valence-corrected chi connectivity index (χ4v) is 1.71. The van der Waals surface area contributed by atoms with E-state index in [1.54, 1.807) is 0 Å². The van der Waals surface area contributed by atoms with Crippen LogP contribution < -0.4 is 24.8 Å². The average molecular weight is 672 g/mol. The first-order valence-electron chi connectivity index (χ1n) is 6.60. The van der Waals surface area contributed by atoms with Crippen LogP contribution in [0.15, 0.2) is 48.6 Å². The number of halogens is 2. The summed E-state index contributed by atoms with van der Waals surface area (Å²) in [6, 6.07) is 0. The molecule has 0 atom stereocenters. The molecule has 2 aliphatic rings. The van der Waals surface area contributed by atoms with Gasteiger partial charge in [0.15, 0.2) is 0 Å².